The number of hydrogen-bond acceptors (Lipinski definition) is 7. The molecule has 2 rings (SSSR count). The number of unbranched alkanes of at least 4 members (excludes halogenated alkanes) is 1. The zero-order chi connectivity index (χ0) is 34.1. The number of halogens is 1. The molecule has 0 saturated carbocycles. The lowest BCUT2D eigenvalue weighted by molar-refractivity contribution is -0.131. The molecule has 0 heterocycles. The van der Waals surface area contributed by atoms with Gasteiger partial charge in [0.05, 0.1) is 7.85 Å². The Hall–Kier alpha value is -4.45. The Morgan fingerprint density at radius 2 is 1.61 bits per heavy atom. The second-order valence-corrected chi connectivity index (χ2v) is 11.4. The Balaban J connectivity index is 1.75. The standard InChI is InChI=1S/C33H40BClN4O7/c1-21(29(34)28(41)17-12-22-10-13-25(35)14-11-22)32(44)39-27(31(37)43)16-15-26(40)19-24(30(36)42)9-5-6-18-38-33(45)46-20-23-7-3-2-4-8-23/h2-4,7-8,10-14,17,21,24,27,29H,5-6,9,15-16,18-20H2,1H3,(H2,36,42)(H2,37,43)(H,38,45)(H,39,44). The number of carbonyl (C=O) groups is 6. The third-order valence-corrected chi connectivity index (χ3v) is 7.55. The molecule has 46 heavy (non-hydrogen) atoms. The van der Waals surface area contributed by atoms with Crippen molar-refractivity contribution in [2.45, 2.75) is 63.9 Å². The number of nitrogens with two attached hydrogens (primary N) is 2. The van der Waals surface area contributed by atoms with Gasteiger partial charge in [0, 0.05) is 36.2 Å². The third-order valence-electron chi connectivity index (χ3n) is 7.30. The molecular weight excluding hydrogens is 611 g/mol. The van der Waals surface area contributed by atoms with E-state index in [-0.39, 0.29) is 31.7 Å². The molecule has 2 aromatic rings. The van der Waals surface area contributed by atoms with Crippen molar-refractivity contribution in [2.75, 3.05) is 6.54 Å². The zero-order valence-electron chi connectivity index (χ0n) is 25.8. The predicted molar refractivity (Wildman–Crippen MR) is 175 cm³/mol. The van der Waals surface area contributed by atoms with E-state index in [2.05, 4.69) is 10.6 Å². The van der Waals surface area contributed by atoms with Crippen LogP contribution in [-0.4, -0.2) is 55.8 Å². The van der Waals surface area contributed by atoms with Crippen LogP contribution in [-0.2, 0) is 35.3 Å². The van der Waals surface area contributed by atoms with E-state index in [9.17, 15) is 28.8 Å². The molecule has 0 saturated heterocycles. The number of ketones is 2. The molecule has 4 amide bonds. The number of carbonyl (C=O) groups excluding carboxylic acids is 6. The Morgan fingerprint density at radius 1 is 0.935 bits per heavy atom. The van der Waals surface area contributed by atoms with Crippen LogP contribution in [0.1, 0.15) is 56.6 Å². The Labute approximate surface area is 275 Å². The van der Waals surface area contributed by atoms with E-state index >= 15 is 0 Å². The van der Waals surface area contributed by atoms with Gasteiger partial charge in [-0.15, -0.1) is 0 Å². The molecule has 2 radical (unpaired) electrons. The second-order valence-electron chi connectivity index (χ2n) is 10.9. The third kappa shape index (κ3) is 14.1. The van der Waals surface area contributed by atoms with Crippen LogP contribution >= 0.6 is 11.6 Å². The number of benzene rings is 2. The molecule has 13 heteroatoms. The molecule has 4 atom stereocenters. The van der Waals surface area contributed by atoms with Crippen molar-refractivity contribution in [3.05, 3.63) is 76.8 Å². The zero-order valence-corrected chi connectivity index (χ0v) is 26.5. The van der Waals surface area contributed by atoms with Gasteiger partial charge in [0.15, 0.2) is 5.78 Å². The quantitative estimate of drug-likeness (QED) is 0.0959. The van der Waals surface area contributed by atoms with Crippen molar-refractivity contribution in [1.82, 2.24) is 10.6 Å². The van der Waals surface area contributed by atoms with E-state index in [4.69, 9.17) is 35.7 Å². The summed E-state index contributed by atoms with van der Waals surface area (Å²) in [5.74, 6) is -5.94. The van der Waals surface area contributed by atoms with Crippen LogP contribution in [0.3, 0.4) is 0 Å². The predicted octanol–water partition coefficient (Wildman–Crippen LogP) is 3.42. The molecule has 0 aliphatic carbocycles. The van der Waals surface area contributed by atoms with Gasteiger partial charge >= 0.3 is 6.09 Å². The van der Waals surface area contributed by atoms with Gasteiger partial charge in [-0.25, -0.2) is 4.79 Å². The molecule has 244 valence electrons. The summed E-state index contributed by atoms with van der Waals surface area (Å²) in [6.45, 7) is 1.91. The normalized spacial score (nSPS) is 13.6. The fraction of sp³-hybridized carbons (Fsp3) is 0.394. The molecule has 0 fully saturated rings. The summed E-state index contributed by atoms with van der Waals surface area (Å²) in [6, 6.07) is 14.8. The minimum absolute atomic E-state index is 0.104. The summed E-state index contributed by atoms with van der Waals surface area (Å²) < 4.78 is 5.14. The number of ether oxygens (including phenoxy) is 1. The molecule has 4 unspecified atom stereocenters. The Morgan fingerprint density at radius 3 is 2.24 bits per heavy atom. The lowest BCUT2D eigenvalue weighted by atomic mass is 9.73. The number of primary amides is 2. The largest absolute Gasteiger partial charge is 0.445 e. The maximum atomic E-state index is 12.8. The van der Waals surface area contributed by atoms with Crippen molar-refractivity contribution < 1.29 is 33.5 Å². The van der Waals surface area contributed by atoms with Gasteiger partial charge in [-0.2, -0.15) is 0 Å². The molecule has 0 aromatic heterocycles. The first-order valence-corrected chi connectivity index (χ1v) is 15.3. The van der Waals surface area contributed by atoms with Gasteiger partial charge in [0.1, 0.15) is 18.4 Å². The average molecular weight is 651 g/mol. The fourth-order valence-electron chi connectivity index (χ4n) is 4.37. The van der Waals surface area contributed by atoms with Gasteiger partial charge in [-0.05, 0) is 54.4 Å². The van der Waals surface area contributed by atoms with Crippen molar-refractivity contribution >= 4 is 60.9 Å². The molecule has 0 spiro atoms. The number of allylic oxidation sites excluding steroid dienone is 1. The highest BCUT2D eigenvalue weighted by Gasteiger charge is 2.28. The number of nitrogens with one attached hydrogen (secondary N) is 2. The first kappa shape index (κ1) is 37.7. The van der Waals surface area contributed by atoms with Crippen LogP contribution < -0.4 is 22.1 Å². The van der Waals surface area contributed by atoms with Crippen LogP contribution in [0.4, 0.5) is 4.79 Å². The maximum absolute atomic E-state index is 12.8. The Bertz CT molecular complexity index is 1370. The van der Waals surface area contributed by atoms with Gasteiger partial charge in [0.25, 0.3) is 0 Å². The van der Waals surface area contributed by atoms with Crippen LogP contribution in [0.15, 0.2) is 60.7 Å². The van der Waals surface area contributed by atoms with E-state index < -0.39 is 53.3 Å². The van der Waals surface area contributed by atoms with E-state index in [1.165, 1.54) is 13.0 Å². The molecule has 6 N–H and O–H groups in total. The summed E-state index contributed by atoms with van der Waals surface area (Å²) >= 11 is 5.86. The van der Waals surface area contributed by atoms with Gasteiger partial charge < -0.3 is 26.8 Å². The molecule has 0 bridgehead atoms. The number of hydrogen-bond donors (Lipinski definition) is 4. The van der Waals surface area contributed by atoms with Crippen LogP contribution in [0.2, 0.25) is 10.8 Å². The summed E-state index contributed by atoms with van der Waals surface area (Å²) in [5.41, 5.74) is 12.5. The highest BCUT2D eigenvalue weighted by atomic mass is 35.5. The number of amides is 4. The average Bonchev–Trinajstić information content (AvgIpc) is 3.03. The molecule has 0 aliphatic heterocycles. The minimum Gasteiger partial charge on any atom is -0.445 e. The highest BCUT2D eigenvalue weighted by Crippen LogP contribution is 2.19. The lowest BCUT2D eigenvalue weighted by Crippen LogP contribution is -2.47. The monoisotopic (exact) mass is 650 g/mol. The van der Waals surface area contributed by atoms with Crippen LogP contribution in [0, 0.1) is 11.8 Å². The first-order valence-electron chi connectivity index (χ1n) is 15.0. The van der Waals surface area contributed by atoms with E-state index in [1.807, 2.05) is 30.3 Å². The summed E-state index contributed by atoms with van der Waals surface area (Å²) in [6.07, 6.45) is 3.23. The number of Topliss-reactive ketones (excluding diaryl/α,β-unsaturated/α-hetero) is 1. The second kappa shape index (κ2) is 19.8. The van der Waals surface area contributed by atoms with Crippen molar-refractivity contribution in [3.8, 4) is 0 Å². The van der Waals surface area contributed by atoms with Gasteiger partial charge in [-0.3, -0.25) is 24.0 Å². The van der Waals surface area contributed by atoms with Crippen molar-refractivity contribution in [3.63, 3.8) is 0 Å². The SMILES string of the molecule is [B]C(C(=O)C=Cc1ccc(Cl)cc1)C(C)C(=O)NC(CCC(=O)CC(CCCCNC(=O)OCc1ccccc1)C(N)=O)C(N)=O. The Kier molecular flexibility index (Phi) is 16.3. The highest BCUT2D eigenvalue weighted by molar-refractivity contribution is 6.30. The van der Waals surface area contributed by atoms with Crippen LogP contribution in [0.5, 0.6) is 0 Å². The summed E-state index contributed by atoms with van der Waals surface area (Å²) in [4.78, 5) is 73.8. The van der Waals surface area contributed by atoms with Gasteiger partial charge in [0.2, 0.25) is 17.7 Å². The maximum Gasteiger partial charge on any atom is 0.407 e. The van der Waals surface area contributed by atoms with E-state index in [1.54, 1.807) is 30.3 Å². The van der Waals surface area contributed by atoms with Crippen molar-refractivity contribution in [1.29, 1.82) is 0 Å². The number of alkyl carbamates (subject to hydrolysis) is 1. The van der Waals surface area contributed by atoms with Crippen LogP contribution in [0.25, 0.3) is 6.08 Å². The summed E-state index contributed by atoms with van der Waals surface area (Å²) in [5, 5.41) is 5.65. The molecule has 2 aromatic carbocycles. The van der Waals surface area contributed by atoms with Crippen molar-refractivity contribution in [2.24, 2.45) is 23.3 Å². The topological polar surface area (TPSA) is 188 Å². The minimum atomic E-state index is -1.19. The summed E-state index contributed by atoms with van der Waals surface area (Å²) in [7, 11) is 5.99. The smallest absolute Gasteiger partial charge is 0.407 e. The fourth-order valence-corrected chi connectivity index (χ4v) is 4.50. The van der Waals surface area contributed by atoms with E-state index in [0.29, 0.717) is 36.4 Å². The lowest BCUT2D eigenvalue weighted by Gasteiger charge is -2.21. The first-order chi connectivity index (χ1) is 21.9. The molecule has 0 aliphatic rings. The van der Waals surface area contributed by atoms with Gasteiger partial charge in [-0.1, -0.05) is 73.5 Å². The van der Waals surface area contributed by atoms with E-state index in [0.717, 1.165) is 5.56 Å². The molecule has 11 nitrogen and oxygen atoms in total. The molecular formula is C33H40BClN4O7. The number of rotatable bonds is 20.